The van der Waals surface area contributed by atoms with Gasteiger partial charge in [-0.2, -0.15) is 0 Å². The Kier molecular flexibility index (Phi) is 2.39. The first-order chi connectivity index (χ1) is 9.83. The van der Waals surface area contributed by atoms with Crippen molar-refractivity contribution in [2.45, 2.75) is 6.92 Å². The molecule has 0 aliphatic carbocycles. The van der Waals surface area contributed by atoms with Crippen molar-refractivity contribution in [3.05, 3.63) is 36.0 Å². The maximum absolute atomic E-state index is 5.73. The molecule has 20 heavy (non-hydrogen) atoms. The lowest BCUT2D eigenvalue weighted by Gasteiger charge is -2.20. The molecule has 1 aliphatic heterocycles. The fraction of sp³-hybridized carbons (Fsp3) is 0.200. The number of aryl methyl sites for hydroxylation is 1. The number of para-hydroxylation sites is 1. The second-order valence-electron chi connectivity index (χ2n) is 4.74. The average Bonchev–Trinajstić information content (AvgIpc) is 2.92. The molecule has 0 radical (unpaired) electrons. The highest BCUT2D eigenvalue weighted by Gasteiger charge is 2.19. The molecule has 0 spiro atoms. The molecule has 5 nitrogen and oxygen atoms in total. The van der Waals surface area contributed by atoms with Crippen molar-refractivity contribution < 1.29 is 9.47 Å². The van der Waals surface area contributed by atoms with Gasteiger partial charge in [-0.15, -0.1) is 0 Å². The molecular weight excluding hydrogens is 254 g/mol. The molecule has 100 valence electrons. The van der Waals surface area contributed by atoms with Crippen LogP contribution in [-0.4, -0.2) is 28.2 Å². The summed E-state index contributed by atoms with van der Waals surface area (Å²) in [4.78, 5) is 12.2. The normalized spacial score (nSPS) is 13.7. The van der Waals surface area contributed by atoms with Crippen molar-refractivity contribution in [1.82, 2.24) is 15.0 Å². The van der Waals surface area contributed by atoms with Crippen LogP contribution in [0.5, 0.6) is 11.5 Å². The zero-order chi connectivity index (χ0) is 13.5. The summed E-state index contributed by atoms with van der Waals surface area (Å²) in [6.07, 6.45) is 1.77. The van der Waals surface area contributed by atoms with Gasteiger partial charge in [0.1, 0.15) is 19.0 Å². The van der Waals surface area contributed by atoms with Gasteiger partial charge in [0.2, 0.25) is 0 Å². The van der Waals surface area contributed by atoms with Crippen LogP contribution >= 0.6 is 0 Å². The van der Waals surface area contributed by atoms with Gasteiger partial charge in [-0.3, -0.25) is 0 Å². The lowest BCUT2D eigenvalue weighted by atomic mass is 10.1. The molecule has 1 aliphatic rings. The smallest absolute Gasteiger partial charge is 0.178 e. The van der Waals surface area contributed by atoms with Crippen LogP contribution in [0.1, 0.15) is 5.56 Å². The number of fused-ring (bicyclic) bond motifs is 2. The second-order valence-corrected chi connectivity index (χ2v) is 4.74. The molecule has 5 heteroatoms. The quantitative estimate of drug-likeness (QED) is 0.736. The van der Waals surface area contributed by atoms with Gasteiger partial charge in [-0.05, 0) is 30.7 Å². The van der Waals surface area contributed by atoms with Gasteiger partial charge in [-0.1, -0.05) is 6.07 Å². The summed E-state index contributed by atoms with van der Waals surface area (Å²) in [5.74, 6) is 2.26. The fourth-order valence-corrected chi connectivity index (χ4v) is 2.42. The summed E-state index contributed by atoms with van der Waals surface area (Å²) >= 11 is 0. The van der Waals surface area contributed by atoms with E-state index in [1.807, 2.05) is 31.2 Å². The molecule has 1 aromatic carbocycles. The van der Waals surface area contributed by atoms with Gasteiger partial charge in [0.05, 0.1) is 11.1 Å². The predicted octanol–water partition coefficient (Wildman–Crippen LogP) is 2.70. The first-order valence-electron chi connectivity index (χ1n) is 6.53. The van der Waals surface area contributed by atoms with E-state index in [0.29, 0.717) is 18.9 Å². The number of ether oxygens (including phenoxy) is 2. The number of pyridine rings is 1. The van der Waals surface area contributed by atoms with Crippen LogP contribution in [-0.2, 0) is 0 Å². The van der Waals surface area contributed by atoms with Crippen LogP contribution in [0.2, 0.25) is 0 Å². The van der Waals surface area contributed by atoms with Crippen molar-refractivity contribution in [3.63, 3.8) is 0 Å². The Bertz CT molecular complexity index is 795. The number of aromatic nitrogens is 3. The maximum atomic E-state index is 5.73. The number of nitrogens with one attached hydrogen (secondary N) is 1. The number of hydrogen-bond donors (Lipinski definition) is 1. The number of imidazole rings is 1. The predicted molar refractivity (Wildman–Crippen MR) is 75.1 cm³/mol. The molecule has 3 heterocycles. The van der Waals surface area contributed by atoms with E-state index < -0.39 is 0 Å². The van der Waals surface area contributed by atoms with E-state index in [1.165, 1.54) is 0 Å². The summed E-state index contributed by atoms with van der Waals surface area (Å²) in [6, 6.07) is 7.78. The molecule has 1 N–H and O–H groups in total. The standard InChI is InChI=1S/C15H13N3O2/c1-9-5-6-16-15-12(9)17-14(18-15)10-3-2-4-11-13(10)20-8-7-19-11/h2-6H,7-8H2,1H3,(H,16,17,18). The highest BCUT2D eigenvalue weighted by Crippen LogP contribution is 2.39. The number of aromatic amines is 1. The van der Waals surface area contributed by atoms with Crippen molar-refractivity contribution >= 4 is 11.2 Å². The monoisotopic (exact) mass is 267 g/mol. The molecule has 0 unspecified atom stereocenters. The first-order valence-corrected chi connectivity index (χ1v) is 6.53. The topological polar surface area (TPSA) is 60.0 Å². The highest BCUT2D eigenvalue weighted by atomic mass is 16.6. The van der Waals surface area contributed by atoms with Gasteiger partial charge < -0.3 is 14.5 Å². The average molecular weight is 267 g/mol. The Labute approximate surface area is 115 Å². The lowest BCUT2D eigenvalue weighted by Crippen LogP contribution is -2.15. The van der Waals surface area contributed by atoms with E-state index in [2.05, 4.69) is 15.0 Å². The van der Waals surface area contributed by atoms with Gasteiger partial charge in [0.25, 0.3) is 0 Å². The van der Waals surface area contributed by atoms with Crippen LogP contribution in [0.25, 0.3) is 22.6 Å². The lowest BCUT2D eigenvalue weighted by molar-refractivity contribution is 0.172. The minimum absolute atomic E-state index is 0.557. The van der Waals surface area contributed by atoms with E-state index in [9.17, 15) is 0 Å². The molecule has 2 aromatic heterocycles. The first kappa shape index (κ1) is 11.3. The summed E-state index contributed by atoms with van der Waals surface area (Å²) in [6.45, 7) is 3.17. The van der Waals surface area contributed by atoms with Crippen molar-refractivity contribution in [2.75, 3.05) is 13.2 Å². The van der Waals surface area contributed by atoms with Crippen molar-refractivity contribution in [2.24, 2.45) is 0 Å². The Morgan fingerprint density at radius 2 is 2.05 bits per heavy atom. The molecule has 4 rings (SSSR count). The Morgan fingerprint density at radius 3 is 2.95 bits per heavy atom. The third-order valence-corrected chi connectivity index (χ3v) is 3.42. The van der Waals surface area contributed by atoms with Gasteiger partial charge in [0, 0.05) is 6.20 Å². The fourth-order valence-electron chi connectivity index (χ4n) is 2.42. The Hall–Kier alpha value is -2.56. The minimum atomic E-state index is 0.557. The summed E-state index contributed by atoms with van der Waals surface area (Å²) in [5.41, 5.74) is 3.70. The maximum Gasteiger partial charge on any atom is 0.178 e. The summed E-state index contributed by atoms with van der Waals surface area (Å²) in [7, 11) is 0. The molecular formula is C15H13N3O2. The van der Waals surface area contributed by atoms with Crippen LogP contribution in [0.3, 0.4) is 0 Å². The number of H-pyrrole nitrogens is 1. The largest absolute Gasteiger partial charge is 0.486 e. The third-order valence-electron chi connectivity index (χ3n) is 3.42. The molecule has 0 fully saturated rings. The van der Waals surface area contributed by atoms with Gasteiger partial charge in [0.15, 0.2) is 17.1 Å². The highest BCUT2D eigenvalue weighted by molar-refractivity contribution is 5.81. The van der Waals surface area contributed by atoms with Crippen LogP contribution in [0.15, 0.2) is 30.5 Å². The van der Waals surface area contributed by atoms with Crippen LogP contribution in [0.4, 0.5) is 0 Å². The van der Waals surface area contributed by atoms with Gasteiger partial charge in [-0.25, -0.2) is 9.97 Å². The number of hydrogen-bond acceptors (Lipinski definition) is 4. The summed E-state index contributed by atoms with van der Waals surface area (Å²) in [5, 5.41) is 0. The number of rotatable bonds is 1. The minimum Gasteiger partial charge on any atom is -0.486 e. The molecule has 3 aromatic rings. The van der Waals surface area contributed by atoms with Crippen LogP contribution < -0.4 is 9.47 Å². The SMILES string of the molecule is Cc1ccnc2nc(-c3cccc4c3OCCO4)[nH]c12. The van der Waals surface area contributed by atoms with E-state index in [-0.39, 0.29) is 0 Å². The molecule has 0 saturated carbocycles. The van der Waals surface area contributed by atoms with E-state index >= 15 is 0 Å². The number of nitrogens with zero attached hydrogens (tertiary/aromatic N) is 2. The van der Waals surface area contributed by atoms with Gasteiger partial charge >= 0.3 is 0 Å². The molecule has 0 bridgehead atoms. The van der Waals surface area contributed by atoms with E-state index in [0.717, 1.165) is 34.0 Å². The second kappa shape index (κ2) is 4.23. The third kappa shape index (κ3) is 1.63. The van der Waals surface area contributed by atoms with E-state index in [1.54, 1.807) is 6.20 Å². The molecule has 0 saturated heterocycles. The van der Waals surface area contributed by atoms with Crippen molar-refractivity contribution in [1.29, 1.82) is 0 Å². The summed E-state index contributed by atoms with van der Waals surface area (Å²) < 4.78 is 11.3. The molecule has 0 amide bonds. The Balaban J connectivity index is 1.93. The Morgan fingerprint density at radius 1 is 1.15 bits per heavy atom. The van der Waals surface area contributed by atoms with Crippen molar-refractivity contribution in [3.8, 4) is 22.9 Å². The molecule has 0 atom stereocenters. The van der Waals surface area contributed by atoms with Crippen LogP contribution in [0, 0.1) is 6.92 Å². The zero-order valence-electron chi connectivity index (χ0n) is 11.0. The zero-order valence-corrected chi connectivity index (χ0v) is 11.0. The number of benzene rings is 1. The van der Waals surface area contributed by atoms with E-state index in [4.69, 9.17) is 9.47 Å².